The minimum absolute atomic E-state index is 0.0248. The van der Waals surface area contributed by atoms with Crippen LogP contribution in [0.15, 0.2) is 36.5 Å². The molecule has 4 N–H and O–H groups in total. The number of carbonyl (C=O) groups excluding carboxylic acids is 3. The molecule has 1 aromatic carbocycles. The summed E-state index contributed by atoms with van der Waals surface area (Å²) in [4.78, 5) is 41.0. The molecule has 1 aromatic heterocycles. The molecular formula is C22H26FN5O4. The molecule has 2 aromatic rings. The van der Waals surface area contributed by atoms with Gasteiger partial charge in [-0.2, -0.15) is 0 Å². The number of urea groups is 1. The van der Waals surface area contributed by atoms with E-state index in [9.17, 15) is 18.8 Å². The molecule has 170 valence electrons. The first-order valence-electron chi connectivity index (χ1n) is 10.3. The highest BCUT2D eigenvalue weighted by atomic mass is 19.1. The number of anilines is 2. The Morgan fingerprint density at radius 2 is 1.97 bits per heavy atom. The SMILES string of the molecule is CC(=O)N1CCCC(Oc2cc(F)cc(NC(=O)Nc3ccc(C(C)C(N)=O)nc3)c2)C1. The zero-order valence-corrected chi connectivity index (χ0v) is 17.9. The minimum atomic E-state index is -0.598. The second-order valence-electron chi connectivity index (χ2n) is 7.70. The van der Waals surface area contributed by atoms with Crippen LogP contribution in [0, 0.1) is 5.82 Å². The van der Waals surface area contributed by atoms with E-state index in [1.54, 1.807) is 24.0 Å². The fourth-order valence-corrected chi connectivity index (χ4v) is 3.39. The van der Waals surface area contributed by atoms with Crippen molar-refractivity contribution in [2.24, 2.45) is 5.73 Å². The summed E-state index contributed by atoms with van der Waals surface area (Å²) in [6, 6.07) is 6.51. The Balaban J connectivity index is 1.61. The summed E-state index contributed by atoms with van der Waals surface area (Å²) in [5, 5.41) is 5.14. The third-order valence-corrected chi connectivity index (χ3v) is 5.17. The van der Waals surface area contributed by atoms with Crippen LogP contribution < -0.4 is 21.1 Å². The fourth-order valence-electron chi connectivity index (χ4n) is 3.39. The van der Waals surface area contributed by atoms with Gasteiger partial charge in [0.25, 0.3) is 0 Å². The lowest BCUT2D eigenvalue weighted by Crippen LogP contribution is -2.43. The number of benzene rings is 1. The van der Waals surface area contributed by atoms with Crippen LogP contribution in [0.2, 0.25) is 0 Å². The minimum Gasteiger partial charge on any atom is -0.488 e. The summed E-state index contributed by atoms with van der Waals surface area (Å²) in [6.07, 6.45) is 2.71. The molecule has 2 atom stereocenters. The number of nitrogens with one attached hydrogen (secondary N) is 2. The maximum atomic E-state index is 14.1. The second kappa shape index (κ2) is 10.1. The van der Waals surface area contributed by atoms with E-state index in [0.717, 1.165) is 12.8 Å². The number of pyridine rings is 1. The lowest BCUT2D eigenvalue weighted by molar-refractivity contribution is -0.131. The van der Waals surface area contributed by atoms with Crippen LogP contribution in [0.3, 0.4) is 0 Å². The van der Waals surface area contributed by atoms with Gasteiger partial charge in [-0.05, 0) is 38.0 Å². The molecule has 1 aliphatic heterocycles. The van der Waals surface area contributed by atoms with Crippen molar-refractivity contribution in [1.82, 2.24) is 9.88 Å². The first-order chi connectivity index (χ1) is 15.2. The maximum Gasteiger partial charge on any atom is 0.323 e. The van der Waals surface area contributed by atoms with Gasteiger partial charge in [-0.25, -0.2) is 9.18 Å². The Bertz CT molecular complexity index is 998. The van der Waals surface area contributed by atoms with E-state index in [1.807, 2.05) is 0 Å². The number of amides is 4. The average Bonchev–Trinajstić information content (AvgIpc) is 2.73. The van der Waals surface area contributed by atoms with Crippen LogP contribution in [-0.4, -0.2) is 46.9 Å². The van der Waals surface area contributed by atoms with Gasteiger partial charge in [-0.1, -0.05) is 0 Å². The van der Waals surface area contributed by atoms with E-state index in [2.05, 4.69) is 15.6 Å². The van der Waals surface area contributed by atoms with E-state index >= 15 is 0 Å². The Labute approximate surface area is 185 Å². The highest BCUT2D eigenvalue weighted by Gasteiger charge is 2.23. The highest BCUT2D eigenvalue weighted by molar-refractivity contribution is 5.99. The molecule has 2 unspecified atom stereocenters. The van der Waals surface area contributed by atoms with E-state index in [1.165, 1.54) is 31.3 Å². The summed E-state index contributed by atoms with van der Waals surface area (Å²) >= 11 is 0. The molecule has 0 bridgehead atoms. The van der Waals surface area contributed by atoms with Crippen molar-refractivity contribution >= 4 is 29.2 Å². The Kier molecular flexibility index (Phi) is 7.24. The second-order valence-corrected chi connectivity index (χ2v) is 7.70. The zero-order valence-electron chi connectivity index (χ0n) is 17.9. The molecule has 2 heterocycles. The first kappa shape index (κ1) is 23.0. The summed E-state index contributed by atoms with van der Waals surface area (Å²) in [6.45, 7) is 4.26. The van der Waals surface area contributed by atoms with Crippen molar-refractivity contribution in [1.29, 1.82) is 0 Å². The summed E-state index contributed by atoms with van der Waals surface area (Å²) in [5.74, 6) is -1.37. The van der Waals surface area contributed by atoms with Gasteiger partial charge in [0.1, 0.15) is 17.7 Å². The number of hydrogen-bond donors (Lipinski definition) is 3. The Hall–Kier alpha value is -3.69. The Morgan fingerprint density at radius 3 is 2.62 bits per heavy atom. The lowest BCUT2D eigenvalue weighted by atomic mass is 10.1. The zero-order chi connectivity index (χ0) is 23.3. The molecule has 4 amide bonds. The number of nitrogens with zero attached hydrogens (tertiary/aromatic N) is 2. The third-order valence-electron chi connectivity index (χ3n) is 5.17. The quantitative estimate of drug-likeness (QED) is 0.633. The number of aromatic nitrogens is 1. The van der Waals surface area contributed by atoms with Gasteiger partial charge in [-0.15, -0.1) is 0 Å². The molecule has 0 saturated carbocycles. The number of nitrogens with two attached hydrogens (primary N) is 1. The predicted molar refractivity (Wildman–Crippen MR) is 117 cm³/mol. The van der Waals surface area contributed by atoms with E-state index in [0.29, 0.717) is 24.5 Å². The molecule has 0 aliphatic carbocycles. The van der Waals surface area contributed by atoms with Crippen LogP contribution in [0.4, 0.5) is 20.6 Å². The van der Waals surface area contributed by atoms with Crippen LogP contribution in [0.5, 0.6) is 5.75 Å². The number of rotatable bonds is 6. The van der Waals surface area contributed by atoms with Gasteiger partial charge >= 0.3 is 6.03 Å². The molecule has 0 radical (unpaired) electrons. The normalized spacial score (nSPS) is 16.7. The van der Waals surface area contributed by atoms with Crippen molar-refractivity contribution < 1.29 is 23.5 Å². The number of ether oxygens (including phenoxy) is 1. The summed E-state index contributed by atoms with van der Waals surface area (Å²) < 4.78 is 19.9. The van der Waals surface area contributed by atoms with Gasteiger partial charge in [0.05, 0.1) is 30.0 Å². The largest absolute Gasteiger partial charge is 0.488 e. The molecular weight excluding hydrogens is 417 g/mol. The van der Waals surface area contributed by atoms with Crippen LogP contribution in [0.1, 0.15) is 38.3 Å². The number of hydrogen-bond acceptors (Lipinski definition) is 5. The Morgan fingerprint density at radius 1 is 1.22 bits per heavy atom. The van der Waals surface area contributed by atoms with E-state index in [-0.39, 0.29) is 23.4 Å². The molecule has 1 fully saturated rings. The molecule has 3 rings (SSSR count). The topological polar surface area (TPSA) is 127 Å². The molecule has 1 aliphatic rings. The fraction of sp³-hybridized carbons (Fsp3) is 0.364. The standard InChI is InChI=1S/C22H26FN5O4/c1-13(21(24)30)20-6-5-16(11-25-20)26-22(31)27-17-8-15(23)9-19(10-17)32-18-4-3-7-28(12-18)14(2)29/h5-6,8-11,13,18H,3-4,7,12H2,1-2H3,(H2,24,30)(H2,26,27,31). The van der Waals surface area contributed by atoms with Gasteiger partial charge in [0, 0.05) is 31.3 Å². The van der Waals surface area contributed by atoms with Crippen molar-refractivity contribution in [2.75, 3.05) is 23.7 Å². The van der Waals surface area contributed by atoms with Crippen LogP contribution in [0.25, 0.3) is 0 Å². The van der Waals surface area contributed by atoms with Crippen molar-refractivity contribution in [3.8, 4) is 5.75 Å². The van der Waals surface area contributed by atoms with Gasteiger partial charge in [-0.3, -0.25) is 14.6 Å². The predicted octanol–water partition coefficient (Wildman–Crippen LogP) is 2.84. The van der Waals surface area contributed by atoms with Crippen molar-refractivity contribution in [2.45, 2.75) is 38.7 Å². The molecule has 9 nitrogen and oxygen atoms in total. The van der Waals surface area contributed by atoms with Gasteiger partial charge in [0.15, 0.2) is 0 Å². The average molecular weight is 443 g/mol. The van der Waals surface area contributed by atoms with E-state index in [4.69, 9.17) is 10.5 Å². The maximum absolute atomic E-state index is 14.1. The van der Waals surface area contributed by atoms with Crippen LogP contribution >= 0.6 is 0 Å². The molecule has 32 heavy (non-hydrogen) atoms. The third kappa shape index (κ3) is 6.16. The molecule has 0 spiro atoms. The molecule has 1 saturated heterocycles. The van der Waals surface area contributed by atoms with E-state index < -0.39 is 23.7 Å². The van der Waals surface area contributed by atoms with Crippen molar-refractivity contribution in [3.63, 3.8) is 0 Å². The summed E-state index contributed by atoms with van der Waals surface area (Å²) in [7, 11) is 0. The summed E-state index contributed by atoms with van der Waals surface area (Å²) in [5.41, 5.74) is 6.35. The number of halogens is 1. The van der Waals surface area contributed by atoms with Gasteiger partial charge < -0.3 is 26.0 Å². The number of carbonyl (C=O) groups is 3. The first-order valence-corrected chi connectivity index (χ1v) is 10.3. The number of primary amides is 1. The van der Waals surface area contributed by atoms with Crippen molar-refractivity contribution in [3.05, 3.63) is 48.0 Å². The number of likely N-dealkylation sites (tertiary alicyclic amines) is 1. The lowest BCUT2D eigenvalue weighted by Gasteiger charge is -2.32. The smallest absolute Gasteiger partial charge is 0.323 e. The number of piperidine rings is 1. The molecule has 10 heteroatoms. The van der Waals surface area contributed by atoms with Gasteiger partial charge in [0.2, 0.25) is 11.8 Å². The monoisotopic (exact) mass is 443 g/mol. The highest BCUT2D eigenvalue weighted by Crippen LogP contribution is 2.24. The van der Waals surface area contributed by atoms with Crippen LogP contribution in [-0.2, 0) is 9.59 Å².